The summed E-state index contributed by atoms with van der Waals surface area (Å²) < 4.78 is 0. The first kappa shape index (κ1) is 14.3. The van der Waals surface area contributed by atoms with Gasteiger partial charge in [0.2, 0.25) is 12.8 Å². The second kappa shape index (κ2) is 8.32. The van der Waals surface area contributed by atoms with Crippen LogP contribution in [0.15, 0.2) is 18.3 Å². The molecule has 0 fully saturated rings. The van der Waals surface area contributed by atoms with Gasteiger partial charge in [-0.25, -0.2) is 4.98 Å². The SMILES string of the molecule is C[C@@H](C#Cc1ccc(C#CCNC=O)nc1)NC=O. The summed E-state index contributed by atoms with van der Waals surface area (Å²) in [5.74, 6) is 11.3. The minimum atomic E-state index is -0.202. The summed E-state index contributed by atoms with van der Waals surface area (Å²) in [6.45, 7) is 2.08. The van der Waals surface area contributed by atoms with E-state index in [2.05, 4.69) is 39.3 Å². The Balaban J connectivity index is 2.62. The monoisotopic (exact) mass is 255 g/mol. The fourth-order valence-electron chi connectivity index (χ4n) is 1.10. The molecule has 0 unspecified atom stereocenters. The molecular formula is C14H13N3O2. The first-order chi connectivity index (χ1) is 9.26. The zero-order chi connectivity index (χ0) is 13.9. The summed E-state index contributed by atoms with van der Waals surface area (Å²) in [7, 11) is 0. The third-order valence-electron chi connectivity index (χ3n) is 2.00. The highest BCUT2D eigenvalue weighted by Crippen LogP contribution is 1.97. The number of carbonyl (C=O) groups excluding carboxylic acids is 2. The lowest BCUT2D eigenvalue weighted by Crippen LogP contribution is -2.22. The molecule has 1 aromatic heterocycles. The van der Waals surface area contributed by atoms with E-state index in [-0.39, 0.29) is 6.04 Å². The maximum absolute atomic E-state index is 10.2. The molecule has 0 aliphatic carbocycles. The van der Waals surface area contributed by atoms with Crippen molar-refractivity contribution in [2.45, 2.75) is 13.0 Å². The van der Waals surface area contributed by atoms with Crippen LogP contribution in [0.3, 0.4) is 0 Å². The average molecular weight is 255 g/mol. The van der Waals surface area contributed by atoms with Crippen LogP contribution in [0.1, 0.15) is 18.2 Å². The van der Waals surface area contributed by atoms with Crippen molar-refractivity contribution in [2.75, 3.05) is 6.54 Å². The fourth-order valence-corrected chi connectivity index (χ4v) is 1.10. The van der Waals surface area contributed by atoms with Gasteiger partial charge in [0.1, 0.15) is 5.69 Å². The van der Waals surface area contributed by atoms with E-state index in [1.54, 1.807) is 25.3 Å². The van der Waals surface area contributed by atoms with Crippen LogP contribution in [0.2, 0.25) is 0 Å². The van der Waals surface area contributed by atoms with Crippen molar-refractivity contribution in [3.8, 4) is 23.7 Å². The van der Waals surface area contributed by atoms with Gasteiger partial charge in [-0.2, -0.15) is 0 Å². The molecule has 0 radical (unpaired) electrons. The predicted octanol–water partition coefficient (Wildman–Crippen LogP) is -0.335. The van der Waals surface area contributed by atoms with E-state index in [0.29, 0.717) is 25.1 Å². The van der Waals surface area contributed by atoms with Crippen LogP contribution in [0.25, 0.3) is 0 Å². The number of nitrogens with zero attached hydrogens (tertiary/aromatic N) is 1. The van der Waals surface area contributed by atoms with E-state index < -0.39 is 0 Å². The first-order valence-electron chi connectivity index (χ1n) is 5.59. The highest BCUT2D eigenvalue weighted by Gasteiger charge is 1.92. The van der Waals surface area contributed by atoms with Gasteiger partial charge >= 0.3 is 0 Å². The van der Waals surface area contributed by atoms with E-state index in [1.807, 2.05) is 0 Å². The van der Waals surface area contributed by atoms with Crippen molar-refractivity contribution < 1.29 is 9.59 Å². The van der Waals surface area contributed by atoms with Crippen molar-refractivity contribution in [1.82, 2.24) is 15.6 Å². The summed E-state index contributed by atoms with van der Waals surface area (Å²) in [5.41, 5.74) is 1.36. The van der Waals surface area contributed by atoms with Crippen LogP contribution in [-0.4, -0.2) is 30.4 Å². The molecule has 2 N–H and O–H groups in total. The van der Waals surface area contributed by atoms with Gasteiger partial charge in [0.15, 0.2) is 0 Å². The predicted molar refractivity (Wildman–Crippen MR) is 70.7 cm³/mol. The molecule has 0 saturated carbocycles. The number of amides is 2. The van der Waals surface area contributed by atoms with Crippen LogP contribution < -0.4 is 10.6 Å². The highest BCUT2D eigenvalue weighted by atomic mass is 16.1. The van der Waals surface area contributed by atoms with Crippen LogP contribution in [0, 0.1) is 23.7 Å². The molecule has 1 rings (SSSR count). The molecule has 1 atom stereocenters. The maximum Gasteiger partial charge on any atom is 0.208 e. The average Bonchev–Trinajstić information content (AvgIpc) is 2.43. The van der Waals surface area contributed by atoms with Crippen molar-refractivity contribution in [2.24, 2.45) is 0 Å². The number of nitrogens with one attached hydrogen (secondary N) is 2. The molecule has 0 aromatic carbocycles. The lowest BCUT2D eigenvalue weighted by Gasteiger charge is -1.98. The molecule has 0 aliphatic heterocycles. The molecule has 5 nitrogen and oxygen atoms in total. The van der Waals surface area contributed by atoms with Gasteiger partial charge in [-0.1, -0.05) is 17.8 Å². The molecular weight excluding hydrogens is 242 g/mol. The van der Waals surface area contributed by atoms with Gasteiger partial charge in [-0.15, -0.1) is 0 Å². The zero-order valence-corrected chi connectivity index (χ0v) is 10.4. The van der Waals surface area contributed by atoms with Gasteiger partial charge in [0.05, 0.1) is 12.6 Å². The Kier molecular flexibility index (Phi) is 6.25. The van der Waals surface area contributed by atoms with E-state index in [0.717, 1.165) is 5.56 Å². The molecule has 2 amide bonds. The Morgan fingerprint density at radius 1 is 1.32 bits per heavy atom. The lowest BCUT2D eigenvalue weighted by molar-refractivity contribution is -0.110. The molecule has 5 heteroatoms. The maximum atomic E-state index is 10.2. The van der Waals surface area contributed by atoms with Crippen molar-refractivity contribution in [3.63, 3.8) is 0 Å². The minimum absolute atomic E-state index is 0.202. The van der Waals surface area contributed by atoms with Gasteiger partial charge < -0.3 is 10.6 Å². The largest absolute Gasteiger partial charge is 0.348 e. The van der Waals surface area contributed by atoms with E-state index >= 15 is 0 Å². The van der Waals surface area contributed by atoms with Crippen LogP contribution in [-0.2, 0) is 9.59 Å². The van der Waals surface area contributed by atoms with Gasteiger partial charge in [-0.05, 0) is 25.0 Å². The number of carbonyl (C=O) groups is 2. The van der Waals surface area contributed by atoms with Gasteiger partial charge in [-0.3, -0.25) is 9.59 Å². The third-order valence-corrected chi connectivity index (χ3v) is 2.00. The molecule has 1 aromatic rings. The van der Waals surface area contributed by atoms with Crippen LogP contribution in [0.5, 0.6) is 0 Å². The third kappa shape index (κ3) is 5.90. The Morgan fingerprint density at radius 2 is 2.16 bits per heavy atom. The lowest BCUT2D eigenvalue weighted by atomic mass is 10.2. The van der Waals surface area contributed by atoms with Crippen LogP contribution in [0.4, 0.5) is 0 Å². The number of hydrogen-bond donors (Lipinski definition) is 2. The second-order valence-corrected chi connectivity index (χ2v) is 3.51. The Hall–Kier alpha value is -2.79. The minimum Gasteiger partial charge on any atom is -0.348 e. The Labute approximate surface area is 111 Å². The molecule has 19 heavy (non-hydrogen) atoms. The van der Waals surface area contributed by atoms with E-state index in [9.17, 15) is 9.59 Å². The summed E-state index contributed by atoms with van der Waals surface area (Å²) in [6, 6.07) is 3.34. The molecule has 1 heterocycles. The summed E-state index contributed by atoms with van der Waals surface area (Å²) >= 11 is 0. The van der Waals surface area contributed by atoms with Crippen molar-refractivity contribution >= 4 is 12.8 Å². The zero-order valence-electron chi connectivity index (χ0n) is 10.4. The molecule has 0 spiro atoms. The number of aromatic nitrogens is 1. The fraction of sp³-hybridized carbons (Fsp3) is 0.214. The molecule has 96 valence electrons. The van der Waals surface area contributed by atoms with Gasteiger partial charge in [0, 0.05) is 11.8 Å². The van der Waals surface area contributed by atoms with E-state index in [4.69, 9.17) is 0 Å². The van der Waals surface area contributed by atoms with E-state index in [1.165, 1.54) is 0 Å². The topological polar surface area (TPSA) is 71.1 Å². The van der Waals surface area contributed by atoms with Crippen molar-refractivity contribution in [1.29, 1.82) is 0 Å². The normalized spacial score (nSPS) is 9.95. The molecule has 0 saturated heterocycles. The summed E-state index contributed by atoms with van der Waals surface area (Å²) in [4.78, 5) is 24.3. The van der Waals surface area contributed by atoms with Crippen LogP contribution >= 0.6 is 0 Å². The molecule has 0 aliphatic rings. The number of rotatable bonds is 4. The molecule has 0 bridgehead atoms. The van der Waals surface area contributed by atoms with Gasteiger partial charge in [0.25, 0.3) is 0 Å². The second-order valence-electron chi connectivity index (χ2n) is 3.51. The van der Waals surface area contributed by atoms with Crippen molar-refractivity contribution in [3.05, 3.63) is 29.6 Å². The summed E-state index contributed by atoms with van der Waals surface area (Å²) in [6.07, 6.45) is 2.82. The smallest absolute Gasteiger partial charge is 0.208 e. The number of hydrogen-bond acceptors (Lipinski definition) is 3. The quantitative estimate of drug-likeness (QED) is 0.439. The summed E-state index contributed by atoms with van der Waals surface area (Å²) in [5, 5.41) is 4.97. The Bertz CT molecular complexity index is 544. The first-order valence-corrected chi connectivity index (χ1v) is 5.59. The standard InChI is InChI=1S/C14H13N3O2/c1-12(17-11-19)4-5-13-6-7-14(16-9-13)3-2-8-15-10-18/h6-7,9-12H,8H2,1H3,(H,15,18)(H,17,19)/t12-/m0/s1. The Morgan fingerprint density at radius 3 is 2.79 bits per heavy atom. The highest BCUT2D eigenvalue weighted by molar-refractivity contribution is 5.48. The number of pyridine rings is 1.